The SMILES string of the molecule is CC(=O)OC[C@H]1O[C@H](Oc2ccccc2C(=O)N2CC(C)OC(C)C2)[C@H](OC(C)=O)[C@@H](OC(C)=O)[C@@H]1OC(C)=O. The van der Waals surface area contributed by atoms with Crippen LogP contribution in [0.5, 0.6) is 5.75 Å². The number of morpholine rings is 1. The van der Waals surface area contributed by atoms with Gasteiger partial charge in [-0.3, -0.25) is 24.0 Å². The van der Waals surface area contributed by atoms with Gasteiger partial charge in [-0.05, 0) is 26.0 Å². The van der Waals surface area contributed by atoms with Crippen molar-refractivity contribution in [2.45, 2.75) is 84.5 Å². The molecule has 3 rings (SSSR count). The Hall–Kier alpha value is -3.71. The van der Waals surface area contributed by atoms with Gasteiger partial charge in [0.25, 0.3) is 5.91 Å². The highest BCUT2D eigenvalue weighted by atomic mass is 16.7. The molecule has 1 amide bonds. The van der Waals surface area contributed by atoms with Gasteiger partial charge in [0.1, 0.15) is 18.5 Å². The Morgan fingerprint density at radius 1 is 0.775 bits per heavy atom. The lowest BCUT2D eigenvalue weighted by Crippen LogP contribution is -2.63. The van der Waals surface area contributed by atoms with Gasteiger partial charge in [0.2, 0.25) is 12.4 Å². The van der Waals surface area contributed by atoms with Crippen LogP contribution in [0, 0.1) is 0 Å². The van der Waals surface area contributed by atoms with Crippen LogP contribution < -0.4 is 4.74 Å². The molecule has 0 bridgehead atoms. The van der Waals surface area contributed by atoms with Gasteiger partial charge in [0, 0.05) is 40.8 Å². The number of hydrogen-bond donors (Lipinski definition) is 0. The third-order valence-electron chi connectivity index (χ3n) is 6.02. The summed E-state index contributed by atoms with van der Waals surface area (Å²) in [6.45, 7) is 8.65. The van der Waals surface area contributed by atoms with Crippen molar-refractivity contribution in [3.63, 3.8) is 0 Å². The van der Waals surface area contributed by atoms with Crippen LogP contribution in [0.3, 0.4) is 0 Å². The molecule has 0 aromatic heterocycles. The maximum atomic E-state index is 13.5. The van der Waals surface area contributed by atoms with Gasteiger partial charge in [0.05, 0.1) is 17.8 Å². The highest BCUT2D eigenvalue weighted by Gasteiger charge is 2.53. The number of carbonyl (C=O) groups is 5. The van der Waals surface area contributed by atoms with E-state index in [1.807, 2.05) is 13.8 Å². The Kier molecular flexibility index (Phi) is 10.5. The van der Waals surface area contributed by atoms with Crippen LogP contribution in [0.4, 0.5) is 0 Å². The molecule has 2 aliphatic rings. The summed E-state index contributed by atoms with van der Waals surface area (Å²) in [5.41, 5.74) is 0.205. The molecule has 2 saturated heterocycles. The molecular formula is C27H35NO12. The first-order chi connectivity index (χ1) is 18.8. The average Bonchev–Trinajstić information content (AvgIpc) is 2.85. The summed E-state index contributed by atoms with van der Waals surface area (Å²) in [4.78, 5) is 62.8. The molecule has 13 heteroatoms. The van der Waals surface area contributed by atoms with Crippen LogP contribution in [0.25, 0.3) is 0 Å². The molecule has 2 aliphatic heterocycles. The molecule has 1 aromatic rings. The normalized spacial score (nSPS) is 28.1. The van der Waals surface area contributed by atoms with Gasteiger partial charge in [-0.2, -0.15) is 0 Å². The van der Waals surface area contributed by atoms with E-state index in [0.29, 0.717) is 13.1 Å². The van der Waals surface area contributed by atoms with Crippen molar-refractivity contribution >= 4 is 29.8 Å². The number of nitrogens with zero attached hydrogens (tertiary/aromatic N) is 1. The molecule has 13 nitrogen and oxygen atoms in total. The summed E-state index contributed by atoms with van der Waals surface area (Å²) in [7, 11) is 0. The van der Waals surface area contributed by atoms with E-state index in [1.165, 1.54) is 13.0 Å². The van der Waals surface area contributed by atoms with Crippen molar-refractivity contribution < 1.29 is 57.1 Å². The number of para-hydroxylation sites is 1. The van der Waals surface area contributed by atoms with Crippen molar-refractivity contribution in [2.24, 2.45) is 0 Å². The summed E-state index contributed by atoms with van der Waals surface area (Å²) >= 11 is 0. The molecule has 220 valence electrons. The minimum atomic E-state index is -1.46. The van der Waals surface area contributed by atoms with Crippen molar-refractivity contribution in [2.75, 3.05) is 19.7 Å². The number of benzene rings is 1. The molecule has 0 aliphatic carbocycles. The first kappa shape index (κ1) is 30.8. The summed E-state index contributed by atoms with van der Waals surface area (Å²) in [5, 5.41) is 0. The van der Waals surface area contributed by atoms with Crippen LogP contribution in [0.1, 0.15) is 51.9 Å². The summed E-state index contributed by atoms with van der Waals surface area (Å²) in [5.74, 6) is -3.14. The summed E-state index contributed by atoms with van der Waals surface area (Å²) < 4.78 is 39.2. The lowest BCUT2D eigenvalue weighted by molar-refractivity contribution is -0.288. The number of carbonyl (C=O) groups excluding carboxylic acids is 5. The second kappa shape index (κ2) is 13.6. The monoisotopic (exact) mass is 565 g/mol. The van der Waals surface area contributed by atoms with E-state index in [1.54, 1.807) is 23.1 Å². The summed E-state index contributed by atoms with van der Waals surface area (Å²) in [6, 6.07) is 6.42. The third kappa shape index (κ3) is 8.15. The molecule has 2 unspecified atom stereocenters. The van der Waals surface area contributed by atoms with E-state index >= 15 is 0 Å². The molecule has 40 heavy (non-hydrogen) atoms. The topological polar surface area (TPSA) is 153 Å². The van der Waals surface area contributed by atoms with Crippen molar-refractivity contribution in [1.29, 1.82) is 0 Å². The number of amides is 1. The van der Waals surface area contributed by atoms with Gasteiger partial charge in [-0.25, -0.2) is 0 Å². The Morgan fingerprint density at radius 2 is 1.32 bits per heavy atom. The van der Waals surface area contributed by atoms with E-state index in [9.17, 15) is 24.0 Å². The second-order valence-electron chi connectivity index (χ2n) is 9.65. The Bertz CT molecular complexity index is 1100. The van der Waals surface area contributed by atoms with E-state index in [2.05, 4.69) is 0 Å². The van der Waals surface area contributed by atoms with E-state index in [0.717, 1.165) is 20.8 Å². The van der Waals surface area contributed by atoms with Crippen LogP contribution in [0.2, 0.25) is 0 Å². The molecule has 1 aromatic carbocycles. The highest BCUT2D eigenvalue weighted by molar-refractivity contribution is 5.97. The van der Waals surface area contributed by atoms with E-state index in [4.69, 9.17) is 33.2 Å². The fourth-order valence-corrected chi connectivity index (χ4v) is 4.67. The Labute approximate surface area is 231 Å². The number of esters is 4. The molecule has 0 N–H and O–H groups in total. The second-order valence-corrected chi connectivity index (χ2v) is 9.65. The van der Waals surface area contributed by atoms with Gasteiger partial charge in [0.15, 0.2) is 12.2 Å². The lowest BCUT2D eigenvalue weighted by atomic mass is 9.98. The molecule has 0 saturated carbocycles. The zero-order chi connectivity index (χ0) is 29.6. The molecule has 0 radical (unpaired) electrons. The fourth-order valence-electron chi connectivity index (χ4n) is 4.67. The number of ether oxygens (including phenoxy) is 7. The number of hydrogen-bond acceptors (Lipinski definition) is 12. The zero-order valence-corrected chi connectivity index (χ0v) is 23.3. The first-order valence-electron chi connectivity index (χ1n) is 12.9. The minimum Gasteiger partial charge on any atom is -0.463 e. The van der Waals surface area contributed by atoms with Crippen LogP contribution >= 0.6 is 0 Å². The fraction of sp³-hybridized carbons (Fsp3) is 0.593. The van der Waals surface area contributed by atoms with Crippen LogP contribution in [-0.2, 0) is 47.6 Å². The predicted octanol–water partition coefficient (Wildman–Crippen LogP) is 1.40. The van der Waals surface area contributed by atoms with Crippen molar-refractivity contribution in [1.82, 2.24) is 4.90 Å². The van der Waals surface area contributed by atoms with E-state index < -0.39 is 61.2 Å². The third-order valence-corrected chi connectivity index (χ3v) is 6.02. The minimum absolute atomic E-state index is 0.0974. The summed E-state index contributed by atoms with van der Waals surface area (Å²) in [6.07, 6.45) is -7.12. The van der Waals surface area contributed by atoms with Gasteiger partial charge >= 0.3 is 23.9 Å². The van der Waals surface area contributed by atoms with Crippen molar-refractivity contribution in [3.8, 4) is 5.75 Å². The Morgan fingerprint density at radius 3 is 1.90 bits per heavy atom. The molecule has 7 atom stereocenters. The molecular weight excluding hydrogens is 530 g/mol. The first-order valence-corrected chi connectivity index (χ1v) is 12.9. The highest BCUT2D eigenvalue weighted by Crippen LogP contribution is 2.32. The predicted molar refractivity (Wildman–Crippen MR) is 135 cm³/mol. The van der Waals surface area contributed by atoms with Gasteiger partial charge < -0.3 is 38.1 Å². The van der Waals surface area contributed by atoms with Gasteiger partial charge in [-0.15, -0.1) is 0 Å². The zero-order valence-electron chi connectivity index (χ0n) is 23.3. The maximum absolute atomic E-state index is 13.5. The lowest BCUT2D eigenvalue weighted by Gasteiger charge is -2.44. The number of rotatable bonds is 8. The van der Waals surface area contributed by atoms with Crippen LogP contribution in [0.15, 0.2) is 24.3 Å². The molecule has 2 heterocycles. The largest absolute Gasteiger partial charge is 0.463 e. The molecule has 2 fully saturated rings. The quantitative estimate of drug-likeness (QED) is 0.331. The van der Waals surface area contributed by atoms with E-state index in [-0.39, 0.29) is 29.4 Å². The molecule has 0 spiro atoms. The Balaban J connectivity index is 1.99. The van der Waals surface area contributed by atoms with Gasteiger partial charge in [-0.1, -0.05) is 12.1 Å². The maximum Gasteiger partial charge on any atom is 0.303 e. The average molecular weight is 566 g/mol. The smallest absolute Gasteiger partial charge is 0.303 e. The van der Waals surface area contributed by atoms with Crippen LogP contribution in [-0.4, -0.2) is 97.3 Å². The standard InChI is InChI=1S/C27H35NO12/c1-14-11-28(12-15(2)35-14)26(33)20-9-7-8-10-21(20)39-27-25(38-19(6)32)24(37-18(5)31)23(36-17(4)30)22(40-27)13-34-16(3)29/h7-10,14-15,22-25,27H,11-13H2,1-6H3/t14?,15?,22-,23-,24+,25-,27+/m1/s1. The van der Waals surface area contributed by atoms with Crippen molar-refractivity contribution in [3.05, 3.63) is 29.8 Å².